The Morgan fingerprint density at radius 1 is 0.735 bits per heavy atom. The van der Waals surface area contributed by atoms with Crippen molar-refractivity contribution in [2.24, 2.45) is 0 Å². The Bertz CT molecular complexity index is 1050. The molecular formula is C29H31ClN2O2. The highest BCUT2D eigenvalue weighted by atomic mass is 35.5. The van der Waals surface area contributed by atoms with Gasteiger partial charge in [0.1, 0.15) is 5.41 Å². The zero-order chi connectivity index (χ0) is 23.4. The summed E-state index contributed by atoms with van der Waals surface area (Å²) in [6.07, 6.45) is 2.57. The van der Waals surface area contributed by atoms with Gasteiger partial charge in [0.15, 0.2) is 0 Å². The molecule has 4 nitrogen and oxygen atoms in total. The van der Waals surface area contributed by atoms with Gasteiger partial charge in [0.2, 0.25) is 5.91 Å². The third kappa shape index (κ3) is 4.38. The minimum absolute atomic E-state index is 0.0340. The molecule has 3 aromatic carbocycles. The number of hydrogen-bond donors (Lipinski definition) is 1. The van der Waals surface area contributed by atoms with E-state index >= 15 is 0 Å². The zero-order valence-corrected chi connectivity index (χ0v) is 20.1. The zero-order valence-electron chi connectivity index (χ0n) is 19.4. The van der Waals surface area contributed by atoms with E-state index in [1.807, 2.05) is 48.5 Å². The van der Waals surface area contributed by atoms with Crippen molar-refractivity contribution in [1.29, 1.82) is 0 Å². The number of nitrogens with zero attached hydrogens (tertiary/aromatic N) is 1. The van der Waals surface area contributed by atoms with E-state index in [-0.39, 0.29) is 11.5 Å². The van der Waals surface area contributed by atoms with Crippen molar-refractivity contribution in [3.63, 3.8) is 0 Å². The van der Waals surface area contributed by atoms with Crippen molar-refractivity contribution in [1.82, 2.24) is 10.2 Å². The lowest BCUT2D eigenvalue weighted by atomic mass is 9.70. The molecule has 0 atom stereocenters. The quantitative estimate of drug-likeness (QED) is 0.570. The van der Waals surface area contributed by atoms with E-state index in [1.165, 1.54) is 5.56 Å². The fourth-order valence-electron chi connectivity index (χ4n) is 5.57. The molecule has 176 valence electrons. The summed E-state index contributed by atoms with van der Waals surface area (Å²) in [6, 6.07) is 28.5. The lowest BCUT2D eigenvalue weighted by Crippen LogP contribution is -2.52. The Morgan fingerprint density at radius 3 is 1.88 bits per heavy atom. The summed E-state index contributed by atoms with van der Waals surface area (Å²) in [4.78, 5) is 16.4. The third-order valence-corrected chi connectivity index (χ3v) is 7.78. The van der Waals surface area contributed by atoms with Crippen LogP contribution in [0.25, 0.3) is 0 Å². The predicted molar refractivity (Wildman–Crippen MR) is 136 cm³/mol. The number of benzene rings is 3. The standard InChI is InChI=1S/C29H31ClN2O2/c30-26-13-11-23(12-14-26)28-15-19-32(20-16-28)21-17-29(24-7-3-1-4-8-24,25-9-5-2-6-10-25)27(33)31-18-22-34-28/h1-14H,15-22H2,(H,31,33). The van der Waals surface area contributed by atoms with E-state index in [0.29, 0.717) is 13.2 Å². The second-order valence-corrected chi connectivity index (χ2v) is 9.77. The highest BCUT2D eigenvalue weighted by Crippen LogP contribution is 2.40. The number of nitrogens with one attached hydrogen (secondary N) is 1. The summed E-state index contributed by atoms with van der Waals surface area (Å²) in [5, 5.41) is 3.95. The number of hydrogen-bond acceptors (Lipinski definition) is 3. The number of amides is 1. The predicted octanol–water partition coefficient (Wildman–Crippen LogP) is 5.15. The van der Waals surface area contributed by atoms with Crippen LogP contribution in [-0.2, 0) is 20.5 Å². The molecule has 2 bridgehead atoms. The molecule has 0 unspecified atom stereocenters. The first-order valence-corrected chi connectivity index (χ1v) is 12.5. The Hall–Kier alpha value is -2.66. The van der Waals surface area contributed by atoms with E-state index < -0.39 is 5.41 Å². The molecule has 1 N–H and O–H groups in total. The molecule has 0 aromatic heterocycles. The second-order valence-electron chi connectivity index (χ2n) is 9.33. The fraction of sp³-hybridized carbons (Fsp3) is 0.345. The number of carbonyl (C=O) groups is 1. The van der Waals surface area contributed by atoms with E-state index in [4.69, 9.17) is 16.3 Å². The van der Waals surface area contributed by atoms with Gasteiger partial charge in [-0.1, -0.05) is 84.4 Å². The van der Waals surface area contributed by atoms with Gasteiger partial charge in [0.05, 0.1) is 12.2 Å². The average Bonchev–Trinajstić information content (AvgIpc) is 2.89. The maximum atomic E-state index is 13.9. The topological polar surface area (TPSA) is 41.6 Å². The van der Waals surface area contributed by atoms with Crippen LogP contribution in [0.2, 0.25) is 5.02 Å². The van der Waals surface area contributed by atoms with Crippen molar-refractivity contribution < 1.29 is 9.53 Å². The Morgan fingerprint density at radius 2 is 1.29 bits per heavy atom. The van der Waals surface area contributed by atoms with Gasteiger partial charge in [-0.2, -0.15) is 0 Å². The van der Waals surface area contributed by atoms with E-state index in [2.05, 4.69) is 46.6 Å². The lowest BCUT2D eigenvalue weighted by Gasteiger charge is -2.44. The molecule has 34 heavy (non-hydrogen) atoms. The molecule has 0 aliphatic carbocycles. The Balaban J connectivity index is 1.48. The van der Waals surface area contributed by atoms with Crippen LogP contribution in [0, 0.1) is 0 Å². The van der Waals surface area contributed by atoms with Crippen LogP contribution in [-0.4, -0.2) is 43.6 Å². The molecule has 6 rings (SSSR count). The second kappa shape index (κ2) is 9.91. The molecule has 0 radical (unpaired) electrons. The highest BCUT2D eigenvalue weighted by molar-refractivity contribution is 6.30. The maximum absolute atomic E-state index is 13.9. The molecule has 1 amide bonds. The van der Waals surface area contributed by atoms with Crippen LogP contribution in [0.3, 0.4) is 0 Å². The van der Waals surface area contributed by atoms with Crippen molar-refractivity contribution in [2.45, 2.75) is 30.3 Å². The van der Waals surface area contributed by atoms with E-state index in [9.17, 15) is 4.79 Å². The summed E-state index contributed by atoms with van der Waals surface area (Å²) in [5.41, 5.74) is 2.16. The summed E-state index contributed by atoms with van der Waals surface area (Å²) in [7, 11) is 0. The summed E-state index contributed by atoms with van der Waals surface area (Å²) < 4.78 is 6.56. The van der Waals surface area contributed by atoms with Gasteiger partial charge in [-0.25, -0.2) is 0 Å². The van der Waals surface area contributed by atoms with Crippen molar-refractivity contribution in [3.8, 4) is 0 Å². The summed E-state index contributed by atoms with van der Waals surface area (Å²) >= 11 is 6.14. The Kier molecular flexibility index (Phi) is 6.73. The number of carbonyl (C=O) groups excluding carboxylic acids is 1. The first-order chi connectivity index (χ1) is 16.6. The van der Waals surface area contributed by atoms with Crippen LogP contribution in [0.5, 0.6) is 0 Å². The molecule has 3 aromatic rings. The van der Waals surface area contributed by atoms with Gasteiger partial charge in [0.25, 0.3) is 0 Å². The number of ether oxygens (including phenoxy) is 1. The minimum Gasteiger partial charge on any atom is -0.368 e. The minimum atomic E-state index is -0.744. The van der Waals surface area contributed by atoms with Crippen molar-refractivity contribution >= 4 is 17.5 Å². The van der Waals surface area contributed by atoms with Crippen LogP contribution >= 0.6 is 11.6 Å². The van der Waals surface area contributed by atoms with E-state index in [0.717, 1.165) is 55.0 Å². The molecule has 5 heteroatoms. The van der Waals surface area contributed by atoms with Crippen LogP contribution in [0.1, 0.15) is 36.0 Å². The SMILES string of the molecule is O=C1NCCOC2(c3ccc(Cl)cc3)CCN(CC2)CCC1(c1ccccc1)c1ccccc1. The molecular weight excluding hydrogens is 444 g/mol. The van der Waals surface area contributed by atoms with Crippen molar-refractivity contribution in [3.05, 3.63) is 107 Å². The van der Waals surface area contributed by atoms with Gasteiger partial charge in [-0.05, 0) is 54.6 Å². The average molecular weight is 475 g/mol. The maximum Gasteiger partial charge on any atom is 0.235 e. The molecule has 0 saturated carbocycles. The fourth-order valence-corrected chi connectivity index (χ4v) is 5.70. The van der Waals surface area contributed by atoms with Crippen LogP contribution < -0.4 is 5.32 Å². The first kappa shape index (κ1) is 23.1. The van der Waals surface area contributed by atoms with Gasteiger partial charge in [-0.15, -0.1) is 0 Å². The summed E-state index contributed by atoms with van der Waals surface area (Å²) in [6.45, 7) is 3.65. The molecule has 3 saturated heterocycles. The number of piperidine rings is 1. The van der Waals surface area contributed by atoms with Gasteiger partial charge in [-0.3, -0.25) is 4.79 Å². The lowest BCUT2D eigenvalue weighted by molar-refractivity contribution is -0.128. The Labute approximate surface area is 206 Å². The number of fused-ring (bicyclic) bond motifs is 9. The number of rotatable bonds is 3. The molecule has 3 aliphatic heterocycles. The molecule has 3 heterocycles. The van der Waals surface area contributed by atoms with Gasteiger partial charge >= 0.3 is 0 Å². The molecule has 3 fully saturated rings. The molecule has 0 spiro atoms. The van der Waals surface area contributed by atoms with Crippen molar-refractivity contribution in [2.75, 3.05) is 32.8 Å². The van der Waals surface area contributed by atoms with Crippen LogP contribution in [0.15, 0.2) is 84.9 Å². The molecule has 3 aliphatic rings. The first-order valence-electron chi connectivity index (χ1n) is 12.1. The number of halogens is 1. The largest absolute Gasteiger partial charge is 0.368 e. The van der Waals surface area contributed by atoms with Gasteiger partial charge in [0, 0.05) is 24.7 Å². The van der Waals surface area contributed by atoms with Gasteiger partial charge < -0.3 is 15.0 Å². The monoisotopic (exact) mass is 474 g/mol. The smallest absolute Gasteiger partial charge is 0.235 e. The summed E-state index contributed by atoms with van der Waals surface area (Å²) in [5.74, 6) is 0.0340. The normalized spacial score (nSPS) is 25.1. The van der Waals surface area contributed by atoms with Crippen LogP contribution in [0.4, 0.5) is 0 Å². The van der Waals surface area contributed by atoms with E-state index in [1.54, 1.807) is 0 Å². The highest BCUT2D eigenvalue weighted by Gasteiger charge is 2.44. The third-order valence-electron chi connectivity index (χ3n) is 7.52.